The largest absolute Gasteiger partial charge is 0.493 e. The lowest BCUT2D eigenvalue weighted by Gasteiger charge is -2.06. The Morgan fingerprint density at radius 2 is 2.23 bits per heavy atom. The molecular weight excluding hydrogens is 184 g/mol. The van der Waals surface area contributed by atoms with Gasteiger partial charge in [0.05, 0.1) is 0 Å². The Morgan fingerprint density at radius 1 is 1.54 bits per heavy atom. The van der Waals surface area contributed by atoms with E-state index in [1.807, 2.05) is 20.1 Å². The van der Waals surface area contributed by atoms with Gasteiger partial charge in [0.2, 0.25) is 5.88 Å². The molecule has 0 fully saturated rings. The van der Waals surface area contributed by atoms with E-state index in [4.69, 9.17) is 0 Å². The van der Waals surface area contributed by atoms with Crippen LogP contribution in [0.3, 0.4) is 0 Å². The third-order valence-electron chi connectivity index (χ3n) is 1.68. The van der Waals surface area contributed by atoms with E-state index in [2.05, 4.69) is 9.97 Å². The molecule has 0 aliphatic carbocycles. The molecule has 0 aliphatic heterocycles. The summed E-state index contributed by atoms with van der Waals surface area (Å²) in [6.07, 6.45) is 3.68. The van der Waals surface area contributed by atoms with E-state index in [9.17, 15) is 5.11 Å². The molecule has 0 amide bonds. The molecule has 1 aromatic heterocycles. The first-order valence-corrected chi connectivity index (χ1v) is 5.58. The minimum absolute atomic E-state index is 0.119. The van der Waals surface area contributed by atoms with Gasteiger partial charge in [0, 0.05) is 23.4 Å². The van der Waals surface area contributed by atoms with E-state index >= 15 is 0 Å². The van der Waals surface area contributed by atoms with Crippen LogP contribution in [0.15, 0.2) is 6.20 Å². The first kappa shape index (κ1) is 10.3. The summed E-state index contributed by atoms with van der Waals surface area (Å²) >= 11 is 1.64. The number of aromatic hydroxyl groups is 1. The Hall–Kier alpha value is -0.770. The molecule has 0 saturated carbocycles. The number of aromatic nitrogens is 2. The van der Waals surface area contributed by atoms with Crippen molar-refractivity contribution in [3.8, 4) is 5.88 Å². The average Bonchev–Trinajstić information content (AvgIpc) is 2.08. The van der Waals surface area contributed by atoms with Gasteiger partial charge in [0.15, 0.2) is 0 Å². The molecule has 0 radical (unpaired) electrons. The van der Waals surface area contributed by atoms with Crippen LogP contribution in [0, 0.1) is 0 Å². The molecule has 0 saturated heterocycles. The Labute approximate surface area is 82.6 Å². The molecule has 72 valence electrons. The van der Waals surface area contributed by atoms with E-state index in [0.29, 0.717) is 5.82 Å². The fourth-order valence-corrected chi connectivity index (χ4v) is 1.46. The molecule has 0 unspecified atom stereocenters. The predicted molar refractivity (Wildman–Crippen MR) is 55.0 cm³/mol. The molecule has 4 heteroatoms. The first-order valence-electron chi connectivity index (χ1n) is 4.19. The third-order valence-corrected chi connectivity index (χ3v) is 2.28. The molecule has 1 heterocycles. The maximum absolute atomic E-state index is 9.51. The minimum Gasteiger partial charge on any atom is -0.493 e. The van der Waals surface area contributed by atoms with Crippen LogP contribution in [0.4, 0.5) is 0 Å². The highest BCUT2D eigenvalue weighted by Gasteiger charge is 2.07. The van der Waals surface area contributed by atoms with Crippen LogP contribution in [0.2, 0.25) is 0 Å². The molecular formula is C9H14N2OS. The highest BCUT2D eigenvalue weighted by molar-refractivity contribution is 7.97. The highest BCUT2D eigenvalue weighted by atomic mass is 32.2. The van der Waals surface area contributed by atoms with E-state index in [1.165, 1.54) is 0 Å². The van der Waals surface area contributed by atoms with Crippen LogP contribution in [-0.4, -0.2) is 21.3 Å². The van der Waals surface area contributed by atoms with Crippen LogP contribution < -0.4 is 0 Å². The lowest BCUT2D eigenvalue weighted by molar-refractivity contribution is 0.442. The molecule has 0 aliphatic rings. The fraction of sp³-hybridized carbons (Fsp3) is 0.556. The van der Waals surface area contributed by atoms with Crippen LogP contribution in [-0.2, 0) is 5.75 Å². The maximum Gasteiger partial charge on any atom is 0.218 e. The van der Waals surface area contributed by atoms with Gasteiger partial charge < -0.3 is 5.11 Å². The Kier molecular flexibility index (Phi) is 3.54. The number of hydrogen-bond acceptors (Lipinski definition) is 4. The van der Waals surface area contributed by atoms with Crippen LogP contribution >= 0.6 is 11.8 Å². The number of hydrogen-bond donors (Lipinski definition) is 1. The van der Waals surface area contributed by atoms with E-state index in [-0.39, 0.29) is 11.8 Å². The van der Waals surface area contributed by atoms with Crippen LogP contribution in [0.25, 0.3) is 0 Å². The van der Waals surface area contributed by atoms with Gasteiger partial charge in [-0.05, 0) is 6.26 Å². The summed E-state index contributed by atoms with van der Waals surface area (Å²) in [5.41, 5.74) is 0.803. The summed E-state index contributed by atoms with van der Waals surface area (Å²) in [5.74, 6) is 1.83. The van der Waals surface area contributed by atoms with Crippen molar-refractivity contribution in [1.82, 2.24) is 9.97 Å². The van der Waals surface area contributed by atoms with Crippen molar-refractivity contribution in [2.75, 3.05) is 6.26 Å². The van der Waals surface area contributed by atoms with E-state index in [1.54, 1.807) is 18.0 Å². The lowest BCUT2D eigenvalue weighted by atomic mass is 10.2. The molecule has 13 heavy (non-hydrogen) atoms. The summed E-state index contributed by atoms with van der Waals surface area (Å²) in [5, 5.41) is 9.51. The second-order valence-corrected chi connectivity index (χ2v) is 4.03. The Bertz CT molecular complexity index is 289. The molecule has 1 N–H and O–H groups in total. The lowest BCUT2D eigenvalue weighted by Crippen LogP contribution is -1.98. The van der Waals surface area contributed by atoms with Crippen molar-refractivity contribution in [3.63, 3.8) is 0 Å². The van der Waals surface area contributed by atoms with Gasteiger partial charge in [-0.3, -0.25) is 0 Å². The topological polar surface area (TPSA) is 46.0 Å². The molecule has 0 bridgehead atoms. The molecule has 3 nitrogen and oxygen atoms in total. The summed E-state index contributed by atoms with van der Waals surface area (Å²) < 4.78 is 0. The monoisotopic (exact) mass is 198 g/mol. The van der Waals surface area contributed by atoms with Crippen LogP contribution in [0.5, 0.6) is 5.88 Å². The van der Waals surface area contributed by atoms with Crippen molar-refractivity contribution in [2.45, 2.75) is 25.5 Å². The molecule has 0 atom stereocenters. The number of nitrogens with zero attached hydrogens (tertiary/aromatic N) is 2. The van der Waals surface area contributed by atoms with Gasteiger partial charge in [-0.25, -0.2) is 4.98 Å². The van der Waals surface area contributed by atoms with E-state index < -0.39 is 0 Å². The summed E-state index contributed by atoms with van der Waals surface area (Å²) in [7, 11) is 0. The second-order valence-electron chi connectivity index (χ2n) is 3.16. The zero-order valence-corrected chi connectivity index (χ0v) is 8.93. The van der Waals surface area contributed by atoms with Gasteiger partial charge in [-0.1, -0.05) is 13.8 Å². The minimum atomic E-state index is 0.119. The van der Waals surface area contributed by atoms with Gasteiger partial charge >= 0.3 is 0 Å². The Morgan fingerprint density at radius 3 is 2.69 bits per heavy atom. The van der Waals surface area contributed by atoms with Gasteiger partial charge in [0.1, 0.15) is 5.82 Å². The molecule has 1 rings (SSSR count). The fourth-order valence-electron chi connectivity index (χ4n) is 0.946. The Balaban J connectivity index is 2.92. The smallest absolute Gasteiger partial charge is 0.218 e. The van der Waals surface area contributed by atoms with Crippen molar-refractivity contribution < 1.29 is 5.11 Å². The average molecular weight is 198 g/mol. The zero-order valence-electron chi connectivity index (χ0n) is 8.11. The number of rotatable bonds is 3. The summed E-state index contributed by atoms with van der Waals surface area (Å²) in [4.78, 5) is 8.20. The molecule has 0 spiro atoms. The first-order chi connectivity index (χ1) is 6.15. The summed E-state index contributed by atoms with van der Waals surface area (Å²) in [6.45, 7) is 4.01. The van der Waals surface area contributed by atoms with Crippen molar-refractivity contribution in [3.05, 3.63) is 17.6 Å². The second kappa shape index (κ2) is 4.46. The quantitative estimate of drug-likeness (QED) is 0.808. The summed E-state index contributed by atoms with van der Waals surface area (Å²) in [6, 6.07) is 0. The van der Waals surface area contributed by atoms with Crippen LogP contribution in [0.1, 0.15) is 31.2 Å². The highest BCUT2D eigenvalue weighted by Crippen LogP contribution is 2.19. The van der Waals surface area contributed by atoms with Gasteiger partial charge in [0.25, 0.3) is 0 Å². The predicted octanol–water partition coefficient (Wildman–Crippen LogP) is 2.17. The van der Waals surface area contributed by atoms with Crippen molar-refractivity contribution >= 4 is 11.8 Å². The van der Waals surface area contributed by atoms with Gasteiger partial charge in [-0.15, -0.1) is 0 Å². The third kappa shape index (κ3) is 2.59. The van der Waals surface area contributed by atoms with Crippen molar-refractivity contribution in [1.29, 1.82) is 0 Å². The molecule has 1 aromatic rings. The van der Waals surface area contributed by atoms with Crippen molar-refractivity contribution in [2.24, 2.45) is 0 Å². The number of thioether (sulfide) groups is 1. The standard InChI is InChI=1S/C9H14N2OS/c1-6(2)8-10-4-7(5-13-3)9(12)11-8/h4,6H,5H2,1-3H3,(H,10,11,12). The van der Waals surface area contributed by atoms with Gasteiger partial charge in [-0.2, -0.15) is 16.7 Å². The SMILES string of the molecule is CSCc1cnc(C(C)C)nc1O. The normalized spacial score (nSPS) is 10.8. The van der Waals surface area contributed by atoms with E-state index in [0.717, 1.165) is 11.3 Å². The maximum atomic E-state index is 9.51. The zero-order chi connectivity index (χ0) is 9.84. The molecule has 0 aromatic carbocycles.